The molecule has 2 rings (SSSR count). The van der Waals surface area contributed by atoms with Crippen LogP contribution in [-0.4, -0.2) is 15.7 Å². The smallest absolute Gasteiger partial charge is 0.251 e. The standard InChI is InChI=1S/C14H16BrN3O/c1-9-4-5-10(2)11(6-9)14(19)16-8-13-12(15)7-17-18(13)3/h4-7H,8H2,1-3H3,(H,16,19). The van der Waals surface area contributed by atoms with Crippen LogP contribution in [0.1, 0.15) is 27.2 Å². The van der Waals surface area contributed by atoms with Gasteiger partial charge in [-0.1, -0.05) is 17.7 Å². The van der Waals surface area contributed by atoms with Crippen LogP contribution in [0.4, 0.5) is 0 Å². The van der Waals surface area contributed by atoms with Crippen molar-refractivity contribution in [3.8, 4) is 0 Å². The lowest BCUT2D eigenvalue weighted by Crippen LogP contribution is -2.25. The predicted octanol–water partition coefficient (Wildman–Crippen LogP) is 2.73. The molecule has 2 aromatic rings. The molecular formula is C14H16BrN3O. The van der Waals surface area contributed by atoms with E-state index in [1.807, 2.05) is 39.1 Å². The fourth-order valence-corrected chi connectivity index (χ4v) is 2.36. The van der Waals surface area contributed by atoms with Crippen molar-refractivity contribution in [3.63, 3.8) is 0 Å². The van der Waals surface area contributed by atoms with Crippen molar-refractivity contribution in [3.05, 3.63) is 51.3 Å². The van der Waals surface area contributed by atoms with Gasteiger partial charge < -0.3 is 5.32 Å². The maximum absolute atomic E-state index is 12.2. The van der Waals surface area contributed by atoms with Crippen molar-refractivity contribution in [2.24, 2.45) is 7.05 Å². The molecular weight excluding hydrogens is 306 g/mol. The van der Waals surface area contributed by atoms with Gasteiger partial charge >= 0.3 is 0 Å². The molecule has 0 unspecified atom stereocenters. The molecule has 0 fully saturated rings. The summed E-state index contributed by atoms with van der Waals surface area (Å²) in [5.74, 6) is -0.0608. The molecule has 19 heavy (non-hydrogen) atoms. The van der Waals surface area contributed by atoms with Crippen LogP contribution >= 0.6 is 15.9 Å². The fourth-order valence-electron chi connectivity index (χ4n) is 1.87. The van der Waals surface area contributed by atoms with Gasteiger partial charge in [-0.25, -0.2) is 0 Å². The summed E-state index contributed by atoms with van der Waals surface area (Å²) in [6.45, 7) is 4.37. The lowest BCUT2D eigenvalue weighted by atomic mass is 10.1. The van der Waals surface area contributed by atoms with Gasteiger partial charge in [-0.3, -0.25) is 9.48 Å². The van der Waals surface area contributed by atoms with Crippen molar-refractivity contribution >= 4 is 21.8 Å². The lowest BCUT2D eigenvalue weighted by Gasteiger charge is -2.09. The number of nitrogens with one attached hydrogen (secondary N) is 1. The summed E-state index contributed by atoms with van der Waals surface area (Å²) in [6.07, 6.45) is 1.72. The number of amides is 1. The Kier molecular flexibility index (Phi) is 4.04. The van der Waals surface area contributed by atoms with E-state index >= 15 is 0 Å². The first-order chi connectivity index (χ1) is 8.99. The summed E-state index contributed by atoms with van der Waals surface area (Å²) in [5, 5.41) is 7.04. The van der Waals surface area contributed by atoms with Crippen LogP contribution in [0.3, 0.4) is 0 Å². The summed E-state index contributed by atoms with van der Waals surface area (Å²) in [6, 6.07) is 5.87. The second-order valence-electron chi connectivity index (χ2n) is 4.56. The first-order valence-electron chi connectivity index (χ1n) is 6.01. The number of benzene rings is 1. The molecule has 1 heterocycles. The van der Waals surface area contributed by atoms with E-state index in [2.05, 4.69) is 26.3 Å². The number of halogens is 1. The summed E-state index contributed by atoms with van der Waals surface area (Å²) in [7, 11) is 1.85. The van der Waals surface area contributed by atoms with E-state index in [1.54, 1.807) is 10.9 Å². The summed E-state index contributed by atoms with van der Waals surface area (Å²) < 4.78 is 2.64. The largest absolute Gasteiger partial charge is 0.346 e. The monoisotopic (exact) mass is 321 g/mol. The van der Waals surface area contributed by atoms with Gasteiger partial charge in [0.1, 0.15) is 0 Å². The van der Waals surface area contributed by atoms with Gasteiger partial charge in [0.05, 0.1) is 22.9 Å². The van der Waals surface area contributed by atoms with Gasteiger partial charge in [-0.15, -0.1) is 0 Å². The molecule has 0 aliphatic carbocycles. The first-order valence-corrected chi connectivity index (χ1v) is 6.80. The molecule has 0 aliphatic heterocycles. The van der Waals surface area contributed by atoms with E-state index in [0.29, 0.717) is 6.54 Å². The highest BCUT2D eigenvalue weighted by Crippen LogP contribution is 2.15. The second kappa shape index (κ2) is 5.57. The van der Waals surface area contributed by atoms with Crippen LogP contribution in [0, 0.1) is 13.8 Å². The van der Waals surface area contributed by atoms with Gasteiger partial charge in [0.2, 0.25) is 0 Å². The van der Waals surface area contributed by atoms with Gasteiger partial charge in [0, 0.05) is 12.6 Å². The minimum Gasteiger partial charge on any atom is -0.346 e. The number of carbonyl (C=O) groups excluding carboxylic acids is 1. The van der Waals surface area contributed by atoms with Crippen molar-refractivity contribution in [2.75, 3.05) is 0 Å². The Morgan fingerprint density at radius 2 is 2.16 bits per heavy atom. The van der Waals surface area contributed by atoms with Crippen molar-refractivity contribution < 1.29 is 4.79 Å². The van der Waals surface area contributed by atoms with E-state index in [-0.39, 0.29) is 5.91 Å². The van der Waals surface area contributed by atoms with Crippen LogP contribution in [0.2, 0.25) is 0 Å². The van der Waals surface area contributed by atoms with Gasteiger partial charge in [0.25, 0.3) is 5.91 Å². The summed E-state index contributed by atoms with van der Waals surface area (Å²) >= 11 is 3.41. The van der Waals surface area contributed by atoms with Crippen LogP contribution < -0.4 is 5.32 Å². The number of aryl methyl sites for hydroxylation is 3. The quantitative estimate of drug-likeness (QED) is 0.944. The molecule has 0 saturated heterocycles. The Morgan fingerprint density at radius 1 is 1.42 bits per heavy atom. The zero-order valence-electron chi connectivity index (χ0n) is 11.2. The molecule has 0 spiro atoms. The van der Waals surface area contributed by atoms with Gasteiger partial charge in [-0.05, 0) is 41.4 Å². The second-order valence-corrected chi connectivity index (χ2v) is 5.42. The van der Waals surface area contributed by atoms with Crippen LogP contribution in [0.25, 0.3) is 0 Å². The molecule has 0 atom stereocenters. The average Bonchev–Trinajstić information content (AvgIpc) is 2.69. The Morgan fingerprint density at radius 3 is 2.79 bits per heavy atom. The summed E-state index contributed by atoms with van der Waals surface area (Å²) in [5.41, 5.74) is 3.72. The molecule has 5 heteroatoms. The molecule has 1 aromatic heterocycles. The number of hydrogen-bond acceptors (Lipinski definition) is 2. The number of hydrogen-bond donors (Lipinski definition) is 1. The third-order valence-electron chi connectivity index (χ3n) is 3.06. The molecule has 1 amide bonds. The van der Waals surface area contributed by atoms with Crippen molar-refractivity contribution in [1.29, 1.82) is 0 Å². The third kappa shape index (κ3) is 3.04. The van der Waals surface area contributed by atoms with Crippen LogP contribution in [-0.2, 0) is 13.6 Å². The fraction of sp³-hybridized carbons (Fsp3) is 0.286. The summed E-state index contributed by atoms with van der Waals surface area (Å²) in [4.78, 5) is 12.2. The molecule has 1 aromatic carbocycles. The lowest BCUT2D eigenvalue weighted by molar-refractivity contribution is 0.0949. The minimum absolute atomic E-state index is 0.0608. The SMILES string of the molecule is Cc1ccc(C)c(C(=O)NCc2c(Br)cnn2C)c1. The van der Waals surface area contributed by atoms with E-state index in [1.165, 1.54) is 0 Å². The molecule has 0 aliphatic rings. The molecule has 4 nitrogen and oxygen atoms in total. The number of carbonyl (C=O) groups is 1. The number of rotatable bonds is 3. The van der Waals surface area contributed by atoms with Gasteiger partial charge in [0.15, 0.2) is 0 Å². The van der Waals surface area contributed by atoms with E-state index in [4.69, 9.17) is 0 Å². The van der Waals surface area contributed by atoms with E-state index in [9.17, 15) is 4.79 Å². The van der Waals surface area contributed by atoms with Gasteiger partial charge in [-0.2, -0.15) is 5.10 Å². The molecule has 0 saturated carbocycles. The Bertz CT molecular complexity index is 600. The minimum atomic E-state index is -0.0608. The van der Waals surface area contributed by atoms with Crippen molar-refractivity contribution in [1.82, 2.24) is 15.1 Å². The highest BCUT2D eigenvalue weighted by Gasteiger charge is 2.11. The highest BCUT2D eigenvalue weighted by atomic mass is 79.9. The molecule has 0 bridgehead atoms. The predicted molar refractivity (Wildman–Crippen MR) is 78.0 cm³/mol. The average molecular weight is 322 g/mol. The normalized spacial score (nSPS) is 10.5. The maximum atomic E-state index is 12.2. The Labute approximate surface area is 120 Å². The third-order valence-corrected chi connectivity index (χ3v) is 3.73. The number of aromatic nitrogens is 2. The molecule has 1 N–H and O–H groups in total. The first kappa shape index (κ1) is 13.8. The van der Waals surface area contributed by atoms with Crippen molar-refractivity contribution in [2.45, 2.75) is 20.4 Å². The number of nitrogens with zero attached hydrogens (tertiary/aromatic N) is 2. The Hall–Kier alpha value is -1.62. The highest BCUT2D eigenvalue weighted by molar-refractivity contribution is 9.10. The van der Waals surface area contributed by atoms with E-state index < -0.39 is 0 Å². The molecule has 100 valence electrons. The topological polar surface area (TPSA) is 46.9 Å². The van der Waals surface area contributed by atoms with Crippen LogP contribution in [0.5, 0.6) is 0 Å². The Balaban J connectivity index is 2.12. The zero-order valence-corrected chi connectivity index (χ0v) is 12.8. The van der Waals surface area contributed by atoms with E-state index in [0.717, 1.165) is 26.9 Å². The van der Waals surface area contributed by atoms with Crippen LogP contribution in [0.15, 0.2) is 28.9 Å². The maximum Gasteiger partial charge on any atom is 0.251 e. The molecule has 0 radical (unpaired) electrons. The zero-order chi connectivity index (χ0) is 14.0.